The Morgan fingerprint density at radius 3 is 1.93 bits per heavy atom. The first kappa shape index (κ1) is 53.3. The van der Waals surface area contributed by atoms with Crippen molar-refractivity contribution in [2.75, 3.05) is 34.0 Å². The third-order valence-corrected chi connectivity index (χ3v) is 13.5. The van der Waals surface area contributed by atoms with Gasteiger partial charge in [0.1, 0.15) is 48.5 Å². The van der Waals surface area contributed by atoms with Gasteiger partial charge in [0.25, 0.3) is 5.79 Å². The third kappa shape index (κ3) is 14.3. The van der Waals surface area contributed by atoms with Crippen molar-refractivity contribution in [3.05, 3.63) is 102 Å². The van der Waals surface area contributed by atoms with Gasteiger partial charge in [0.05, 0.1) is 59.4 Å². The number of carbonyl (C=O) groups is 2. The van der Waals surface area contributed by atoms with Crippen LogP contribution >= 0.6 is 0 Å². The number of hydrogen-bond acceptors (Lipinski definition) is 15. The molecular formula is C48H64F3NO15Si. The number of nitrogens with one attached hydrogen (secondary N) is 1. The molecule has 376 valence electrons. The maximum atomic E-state index is 14.0. The van der Waals surface area contributed by atoms with Crippen LogP contribution in [0.1, 0.15) is 37.0 Å². The van der Waals surface area contributed by atoms with Crippen molar-refractivity contribution in [2.24, 2.45) is 0 Å². The number of amides is 1. The Labute approximate surface area is 395 Å². The number of benzene rings is 3. The van der Waals surface area contributed by atoms with Gasteiger partial charge >= 0.3 is 18.1 Å². The Morgan fingerprint density at radius 2 is 1.40 bits per heavy atom. The van der Waals surface area contributed by atoms with Crippen LogP contribution in [0.15, 0.2) is 84.9 Å². The van der Waals surface area contributed by atoms with Crippen LogP contribution in [0.25, 0.3) is 0 Å². The lowest BCUT2D eigenvalue weighted by Gasteiger charge is -2.49. The number of rotatable bonds is 21. The van der Waals surface area contributed by atoms with Crippen molar-refractivity contribution < 1.29 is 85.1 Å². The second-order valence-corrected chi connectivity index (χ2v) is 24.3. The third-order valence-electron chi connectivity index (χ3n) is 11.8. The van der Waals surface area contributed by atoms with Crippen molar-refractivity contribution in [3.8, 4) is 5.75 Å². The quantitative estimate of drug-likeness (QED) is 0.0906. The molecule has 0 radical (unpaired) electrons. The minimum absolute atomic E-state index is 0.0505. The van der Waals surface area contributed by atoms with Gasteiger partial charge in [-0.25, -0.2) is 4.79 Å². The van der Waals surface area contributed by atoms with Gasteiger partial charge in [-0.3, -0.25) is 4.79 Å². The first-order valence-electron chi connectivity index (χ1n) is 22.5. The van der Waals surface area contributed by atoms with Crippen molar-refractivity contribution in [3.63, 3.8) is 0 Å². The molecule has 3 heterocycles. The Hall–Kier alpha value is -4.03. The molecule has 0 unspecified atom stereocenters. The SMILES string of the molecule is COC(=O)[C@@]1(OC[C@H]2O[C@@H](OCC[Si](C)(C)C)[C@H](OCc3ccc(OC)cc3)[C@@H](OCc3ccccc3)[C@@H]2OCc2ccccc2)C[C@H](O)[C@@H](NC(=O)C(F)(F)F)[C@H]([C@H](O)[C@H]2COC(C)(C)O2)O1. The molecule has 0 bridgehead atoms. The van der Waals surface area contributed by atoms with Gasteiger partial charge in [-0.05, 0) is 48.7 Å². The number of ether oxygens (including phenoxy) is 11. The summed E-state index contributed by atoms with van der Waals surface area (Å²) in [6.45, 7) is 9.42. The maximum Gasteiger partial charge on any atom is 0.471 e. The highest BCUT2D eigenvalue weighted by atomic mass is 28.3. The molecule has 6 rings (SSSR count). The zero-order chi connectivity index (χ0) is 49.3. The molecule has 3 aliphatic rings. The number of hydrogen-bond donors (Lipinski definition) is 3. The van der Waals surface area contributed by atoms with E-state index in [9.17, 15) is 33.0 Å². The van der Waals surface area contributed by atoms with Crippen LogP contribution in [0.5, 0.6) is 5.75 Å². The lowest BCUT2D eigenvalue weighted by Crippen LogP contribution is -2.69. The number of alkyl halides is 3. The molecule has 1 amide bonds. The van der Waals surface area contributed by atoms with Gasteiger partial charge in [0.15, 0.2) is 12.1 Å². The lowest BCUT2D eigenvalue weighted by atomic mass is 9.88. The summed E-state index contributed by atoms with van der Waals surface area (Å²) in [5.41, 5.74) is 2.45. The van der Waals surface area contributed by atoms with E-state index in [4.69, 9.17) is 52.1 Å². The molecule has 0 aliphatic carbocycles. The first-order valence-corrected chi connectivity index (χ1v) is 26.2. The first-order chi connectivity index (χ1) is 32.2. The summed E-state index contributed by atoms with van der Waals surface area (Å²) >= 11 is 0. The van der Waals surface area contributed by atoms with E-state index in [1.165, 1.54) is 0 Å². The number of halogens is 3. The summed E-state index contributed by atoms with van der Waals surface area (Å²) in [7, 11) is 0.930. The molecule has 3 aromatic rings. The molecule has 68 heavy (non-hydrogen) atoms. The fourth-order valence-corrected chi connectivity index (χ4v) is 8.78. The van der Waals surface area contributed by atoms with Gasteiger partial charge in [-0.15, -0.1) is 0 Å². The molecule has 3 saturated heterocycles. The highest BCUT2D eigenvalue weighted by Gasteiger charge is 2.59. The Bertz CT molecular complexity index is 2050. The van der Waals surface area contributed by atoms with Gasteiger partial charge in [-0.1, -0.05) is 92.4 Å². The molecule has 11 atom stereocenters. The molecule has 16 nitrogen and oxygen atoms in total. The average molecular weight is 980 g/mol. The topological polar surface area (TPSA) is 188 Å². The molecule has 0 aromatic heterocycles. The van der Waals surface area contributed by atoms with Gasteiger partial charge in [-0.2, -0.15) is 13.2 Å². The summed E-state index contributed by atoms with van der Waals surface area (Å²) in [6.07, 6.45) is -18.6. The zero-order valence-electron chi connectivity index (χ0n) is 39.3. The standard InChI is InChI=1S/C48H64F3NO15Si/c1-46(2)63-28-35(66-46)38(54)40-37(52-44(55)48(49,50)51)34(53)24-47(67-40,45(56)58-4)64-29-36-39(60-25-30-14-10-8-11-15-30)41(61-26-31-16-12-9-13-17-31)42(43(65-36)59-22-23-68(5,6)7)62-27-32-18-20-33(57-3)21-19-32/h8-21,34-43,53-54H,22-29H2,1-7H3,(H,52,55)/t34-,35+,36+,37+,38+,39+,40+,41-,42+,43+,47+/m0/s1. The molecule has 20 heteroatoms. The molecule has 0 spiro atoms. The summed E-state index contributed by atoms with van der Waals surface area (Å²) in [4.78, 5) is 26.3. The van der Waals surface area contributed by atoms with Crippen LogP contribution in [-0.4, -0.2) is 143 Å². The molecule has 0 saturated carbocycles. The normalized spacial score (nSPS) is 29.0. The van der Waals surface area contributed by atoms with Gasteiger partial charge in [0.2, 0.25) is 0 Å². The minimum atomic E-state index is -5.38. The van der Waals surface area contributed by atoms with Crippen LogP contribution in [0.3, 0.4) is 0 Å². The Morgan fingerprint density at radius 1 is 0.824 bits per heavy atom. The number of aliphatic hydroxyl groups excluding tert-OH is 2. The van der Waals surface area contributed by atoms with Crippen LogP contribution in [0.2, 0.25) is 25.7 Å². The second-order valence-electron chi connectivity index (χ2n) is 18.6. The monoisotopic (exact) mass is 979 g/mol. The predicted octanol–water partition coefficient (Wildman–Crippen LogP) is 5.43. The van der Waals surface area contributed by atoms with Crippen LogP contribution in [0.4, 0.5) is 13.2 Å². The largest absolute Gasteiger partial charge is 0.497 e. The second kappa shape index (κ2) is 23.3. The fraction of sp³-hybridized carbons (Fsp3) is 0.583. The lowest BCUT2D eigenvalue weighted by molar-refractivity contribution is -0.350. The molecule has 3 aromatic carbocycles. The smallest absolute Gasteiger partial charge is 0.471 e. The van der Waals surface area contributed by atoms with E-state index in [0.717, 1.165) is 29.8 Å². The Balaban J connectivity index is 1.38. The van der Waals surface area contributed by atoms with E-state index < -0.39 is 112 Å². The highest BCUT2D eigenvalue weighted by Crippen LogP contribution is 2.39. The average Bonchev–Trinajstić information content (AvgIpc) is 3.68. The number of carbonyl (C=O) groups excluding carboxylic acids is 2. The van der Waals surface area contributed by atoms with E-state index in [2.05, 4.69) is 19.6 Å². The summed E-state index contributed by atoms with van der Waals surface area (Å²) in [6, 6.07) is 24.9. The predicted molar refractivity (Wildman–Crippen MR) is 239 cm³/mol. The van der Waals surface area contributed by atoms with Crippen LogP contribution in [-0.2, 0) is 76.8 Å². The van der Waals surface area contributed by atoms with E-state index in [1.54, 1.807) is 26.3 Å². The summed E-state index contributed by atoms with van der Waals surface area (Å²) < 4.78 is 109. The number of esters is 1. The van der Waals surface area contributed by atoms with Crippen molar-refractivity contribution in [1.29, 1.82) is 0 Å². The number of aliphatic hydroxyl groups is 2. The van der Waals surface area contributed by atoms with Gasteiger partial charge < -0.3 is 67.6 Å². The fourth-order valence-electron chi connectivity index (χ4n) is 8.05. The van der Waals surface area contributed by atoms with Gasteiger partial charge in [0, 0.05) is 21.1 Å². The van der Waals surface area contributed by atoms with E-state index in [-0.39, 0.29) is 33.0 Å². The van der Waals surface area contributed by atoms with E-state index in [1.807, 2.05) is 84.9 Å². The molecule has 3 aliphatic heterocycles. The maximum absolute atomic E-state index is 14.0. The molecule has 3 fully saturated rings. The van der Waals surface area contributed by atoms with Crippen LogP contribution in [0, 0.1) is 0 Å². The van der Waals surface area contributed by atoms with E-state index >= 15 is 0 Å². The van der Waals surface area contributed by atoms with E-state index in [0.29, 0.717) is 5.75 Å². The molecule has 3 N–H and O–H groups in total. The van der Waals surface area contributed by atoms with Crippen molar-refractivity contribution in [1.82, 2.24) is 5.32 Å². The highest BCUT2D eigenvalue weighted by molar-refractivity contribution is 6.76. The number of methoxy groups -OCH3 is 2. The summed E-state index contributed by atoms with van der Waals surface area (Å²) in [5.74, 6) is -6.81. The Kier molecular flexibility index (Phi) is 18.2. The summed E-state index contributed by atoms with van der Waals surface area (Å²) in [5, 5.41) is 25.1. The minimum Gasteiger partial charge on any atom is -0.497 e. The van der Waals surface area contributed by atoms with Crippen molar-refractivity contribution >= 4 is 20.0 Å². The molecular weight excluding hydrogens is 916 g/mol. The van der Waals surface area contributed by atoms with Crippen LogP contribution < -0.4 is 10.1 Å². The van der Waals surface area contributed by atoms with Crippen molar-refractivity contribution in [2.45, 2.75) is 145 Å². The zero-order valence-corrected chi connectivity index (χ0v) is 40.3.